The van der Waals surface area contributed by atoms with E-state index in [4.69, 9.17) is 0 Å². The minimum atomic E-state index is -0.0883. The predicted molar refractivity (Wildman–Crippen MR) is 73.6 cm³/mol. The first kappa shape index (κ1) is 14.7. The van der Waals surface area contributed by atoms with E-state index in [0.29, 0.717) is 11.5 Å². The maximum Gasteiger partial charge on any atom is 0.256 e. The Balaban J connectivity index is 2.70. The Morgan fingerprint density at radius 1 is 1.44 bits per heavy atom. The van der Waals surface area contributed by atoms with Gasteiger partial charge in [-0.1, -0.05) is 13.8 Å². The van der Waals surface area contributed by atoms with Crippen molar-refractivity contribution in [3.05, 3.63) is 18.0 Å². The molecule has 0 aliphatic carbocycles. The van der Waals surface area contributed by atoms with E-state index >= 15 is 0 Å². The van der Waals surface area contributed by atoms with Gasteiger partial charge in [0.05, 0.1) is 17.3 Å². The van der Waals surface area contributed by atoms with Gasteiger partial charge in [-0.15, -0.1) is 0 Å². The van der Waals surface area contributed by atoms with Gasteiger partial charge in [-0.05, 0) is 33.1 Å². The minimum absolute atomic E-state index is 0.0474. The summed E-state index contributed by atoms with van der Waals surface area (Å²) in [4.78, 5) is 13.9. The quantitative estimate of drug-likeness (QED) is 0.825. The molecule has 0 bridgehead atoms. The Morgan fingerprint density at radius 3 is 2.50 bits per heavy atom. The highest BCUT2D eigenvalue weighted by Crippen LogP contribution is 2.14. The van der Waals surface area contributed by atoms with Crippen molar-refractivity contribution in [2.45, 2.75) is 46.6 Å². The second-order valence-electron chi connectivity index (χ2n) is 6.25. The molecule has 0 N–H and O–H groups in total. The molecule has 0 aliphatic heterocycles. The Kier molecular flexibility index (Phi) is 4.54. The maximum atomic E-state index is 12.2. The summed E-state index contributed by atoms with van der Waals surface area (Å²) < 4.78 is 1.83. The molecule has 1 aromatic heterocycles. The second kappa shape index (κ2) is 5.55. The monoisotopic (exact) mass is 251 g/mol. The van der Waals surface area contributed by atoms with Crippen LogP contribution in [0.15, 0.2) is 12.4 Å². The summed E-state index contributed by atoms with van der Waals surface area (Å²) in [7, 11) is 1.85. The van der Waals surface area contributed by atoms with E-state index < -0.39 is 0 Å². The number of amides is 1. The molecule has 0 aromatic carbocycles. The molecule has 0 unspecified atom stereocenters. The average molecular weight is 251 g/mol. The van der Waals surface area contributed by atoms with Crippen molar-refractivity contribution >= 4 is 5.91 Å². The van der Waals surface area contributed by atoms with Gasteiger partial charge in [0.2, 0.25) is 0 Å². The fourth-order valence-corrected chi connectivity index (χ4v) is 1.57. The molecule has 0 saturated heterocycles. The number of hydrogen-bond donors (Lipinski definition) is 0. The standard InChI is InChI=1S/C14H25N3O/c1-11(2)7-8-16(6)13(18)12-9-15-17(10-12)14(3,4)5/h9-11H,7-8H2,1-6H3. The number of rotatable bonds is 4. The van der Waals surface area contributed by atoms with Gasteiger partial charge in [-0.2, -0.15) is 5.10 Å². The summed E-state index contributed by atoms with van der Waals surface area (Å²) in [6.07, 6.45) is 4.50. The topological polar surface area (TPSA) is 38.1 Å². The molecule has 1 aromatic rings. The van der Waals surface area contributed by atoms with E-state index in [1.54, 1.807) is 11.1 Å². The van der Waals surface area contributed by atoms with Crippen molar-refractivity contribution in [2.24, 2.45) is 5.92 Å². The SMILES string of the molecule is CC(C)CCN(C)C(=O)c1cnn(C(C)(C)C)c1. The molecule has 1 heterocycles. The van der Waals surface area contributed by atoms with Crippen LogP contribution in [0.25, 0.3) is 0 Å². The van der Waals surface area contributed by atoms with E-state index in [2.05, 4.69) is 39.7 Å². The van der Waals surface area contributed by atoms with E-state index in [0.717, 1.165) is 13.0 Å². The minimum Gasteiger partial charge on any atom is -0.342 e. The lowest BCUT2D eigenvalue weighted by molar-refractivity contribution is 0.0789. The number of hydrogen-bond acceptors (Lipinski definition) is 2. The summed E-state index contributed by atoms with van der Waals surface area (Å²) in [6, 6.07) is 0. The van der Waals surface area contributed by atoms with Crippen molar-refractivity contribution in [3.8, 4) is 0 Å². The van der Waals surface area contributed by atoms with Gasteiger partial charge in [0.15, 0.2) is 0 Å². The van der Waals surface area contributed by atoms with Crippen LogP contribution in [0.4, 0.5) is 0 Å². The second-order valence-corrected chi connectivity index (χ2v) is 6.25. The van der Waals surface area contributed by atoms with Gasteiger partial charge < -0.3 is 4.90 Å². The zero-order valence-corrected chi connectivity index (χ0v) is 12.4. The normalized spacial score (nSPS) is 11.9. The molecule has 1 amide bonds. The lowest BCUT2D eigenvalue weighted by atomic mass is 10.1. The molecule has 4 nitrogen and oxygen atoms in total. The third-order valence-corrected chi connectivity index (χ3v) is 2.91. The van der Waals surface area contributed by atoms with Crippen molar-refractivity contribution < 1.29 is 4.79 Å². The van der Waals surface area contributed by atoms with Crippen LogP contribution in [0.5, 0.6) is 0 Å². The van der Waals surface area contributed by atoms with Gasteiger partial charge >= 0.3 is 0 Å². The molecule has 4 heteroatoms. The third-order valence-electron chi connectivity index (χ3n) is 2.91. The van der Waals surface area contributed by atoms with Gasteiger partial charge in [-0.3, -0.25) is 9.48 Å². The van der Waals surface area contributed by atoms with E-state index in [1.807, 2.05) is 17.9 Å². The van der Waals surface area contributed by atoms with Crippen LogP contribution in [0.1, 0.15) is 51.4 Å². The van der Waals surface area contributed by atoms with Crippen molar-refractivity contribution in [3.63, 3.8) is 0 Å². The number of aromatic nitrogens is 2. The number of nitrogens with zero attached hydrogens (tertiary/aromatic N) is 3. The van der Waals surface area contributed by atoms with E-state index in [-0.39, 0.29) is 11.4 Å². The highest BCUT2D eigenvalue weighted by molar-refractivity contribution is 5.93. The molecule has 18 heavy (non-hydrogen) atoms. The summed E-state index contributed by atoms with van der Waals surface area (Å²) in [6.45, 7) is 11.3. The first-order valence-corrected chi connectivity index (χ1v) is 6.52. The highest BCUT2D eigenvalue weighted by atomic mass is 16.2. The predicted octanol–water partition coefficient (Wildman–Crippen LogP) is 2.76. The van der Waals surface area contributed by atoms with Crippen LogP contribution in [0, 0.1) is 5.92 Å². The highest BCUT2D eigenvalue weighted by Gasteiger charge is 2.18. The Labute approximate surface area is 110 Å². The van der Waals surface area contributed by atoms with E-state index in [1.165, 1.54) is 0 Å². The maximum absolute atomic E-state index is 12.2. The van der Waals surface area contributed by atoms with Crippen LogP contribution in [-0.2, 0) is 5.54 Å². The zero-order valence-electron chi connectivity index (χ0n) is 12.4. The Bertz CT molecular complexity index is 401. The van der Waals surface area contributed by atoms with Crippen molar-refractivity contribution in [1.29, 1.82) is 0 Å². The smallest absolute Gasteiger partial charge is 0.256 e. The molecule has 102 valence electrons. The first-order chi connectivity index (χ1) is 8.21. The van der Waals surface area contributed by atoms with Crippen LogP contribution in [0.2, 0.25) is 0 Å². The fraction of sp³-hybridized carbons (Fsp3) is 0.714. The van der Waals surface area contributed by atoms with E-state index in [9.17, 15) is 4.79 Å². The van der Waals surface area contributed by atoms with Gasteiger partial charge in [0, 0.05) is 19.8 Å². The first-order valence-electron chi connectivity index (χ1n) is 6.52. The summed E-state index contributed by atoms with van der Waals surface area (Å²) >= 11 is 0. The van der Waals surface area contributed by atoms with Crippen LogP contribution in [-0.4, -0.2) is 34.2 Å². The molecule has 1 rings (SSSR count). The van der Waals surface area contributed by atoms with Crippen molar-refractivity contribution in [2.75, 3.05) is 13.6 Å². The largest absolute Gasteiger partial charge is 0.342 e. The molecular formula is C14H25N3O. The number of carbonyl (C=O) groups excluding carboxylic acids is 1. The summed E-state index contributed by atoms with van der Waals surface area (Å²) in [5, 5.41) is 4.26. The molecule has 0 atom stereocenters. The van der Waals surface area contributed by atoms with Gasteiger partial charge in [-0.25, -0.2) is 0 Å². The molecular weight excluding hydrogens is 226 g/mol. The molecule has 0 radical (unpaired) electrons. The lowest BCUT2D eigenvalue weighted by Gasteiger charge is -2.19. The number of carbonyl (C=O) groups is 1. The zero-order chi connectivity index (χ0) is 13.9. The van der Waals surface area contributed by atoms with Gasteiger partial charge in [0.1, 0.15) is 0 Å². The Morgan fingerprint density at radius 2 is 2.06 bits per heavy atom. The Hall–Kier alpha value is -1.32. The van der Waals surface area contributed by atoms with Crippen LogP contribution >= 0.6 is 0 Å². The molecule has 0 saturated carbocycles. The third kappa shape index (κ3) is 3.86. The van der Waals surface area contributed by atoms with Gasteiger partial charge in [0.25, 0.3) is 5.91 Å². The summed E-state index contributed by atoms with van der Waals surface area (Å²) in [5.74, 6) is 0.656. The van der Waals surface area contributed by atoms with Crippen LogP contribution < -0.4 is 0 Å². The summed E-state index contributed by atoms with van der Waals surface area (Å²) in [5.41, 5.74) is 0.575. The molecule has 0 spiro atoms. The fourth-order valence-electron chi connectivity index (χ4n) is 1.57. The van der Waals surface area contributed by atoms with Crippen molar-refractivity contribution in [1.82, 2.24) is 14.7 Å². The van der Waals surface area contributed by atoms with Crippen LogP contribution in [0.3, 0.4) is 0 Å². The molecule has 0 fully saturated rings. The average Bonchev–Trinajstić information content (AvgIpc) is 2.73. The molecule has 0 aliphatic rings. The lowest BCUT2D eigenvalue weighted by Crippen LogP contribution is -2.28.